The Bertz CT molecular complexity index is 271. The Morgan fingerprint density at radius 1 is 1.18 bits per heavy atom. The van der Waals surface area contributed by atoms with Crippen molar-refractivity contribution in [2.75, 3.05) is 0 Å². The van der Waals surface area contributed by atoms with Gasteiger partial charge in [-0.05, 0) is 26.2 Å². The van der Waals surface area contributed by atoms with Gasteiger partial charge in [0.1, 0.15) is 5.78 Å². The molecule has 0 aliphatic heterocycles. The van der Waals surface area contributed by atoms with Gasteiger partial charge in [0, 0.05) is 29.9 Å². The predicted octanol–water partition coefficient (Wildman–Crippen LogP) is 2.11. The van der Waals surface area contributed by atoms with Crippen molar-refractivity contribution in [2.45, 2.75) is 45.6 Å². The number of carbonyl (C=O) groups excluding carboxylic acids is 2. The van der Waals surface area contributed by atoms with Crippen LogP contribution in [0, 0.1) is 39.2 Å². The number of hydrogen-bond donors (Lipinski definition) is 0. The molecule has 0 aromatic carbocycles. The summed E-state index contributed by atoms with van der Waals surface area (Å²) >= 11 is 0. The number of ether oxygens (including phenoxy) is 1. The summed E-state index contributed by atoms with van der Waals surface area (Å²) < 4.78 is 27.2. The molecule has 6 nitrogen and oxygen atoms in total. The fourth-order valence-corrected chi connectivity index (χ4v) is 1.17. The van der Waals surface area contributed by atoms with Gasteiger partial charge in [-0.25, -0.2) is 0 Å². The molecule has 0 spiro atoms. The van der Waals surface area contributed by atoms with E-state index in [-0.39, 0.29) is 29.0 Å². The monoisotopic (exact) mass is 350 g/mol. The minimum Gasteiger partial charge on any atom is 0 e. The van der Waals surface area contributed by atoms with Crippen molar-refractivity contribution in [3.63, 3.8) is 0 Å². The molecule has 1 unspecified atom stereocenters. The van der Waals surface area contributed by atoms with Crippen LogP contribution in [0.5, 0.6) is 0 Å². The van der Waals surface area contributed by atoms with Gasteiger partial charge in [-0.3, -0.25) is 4.79 Å². The molecule has 1 atom stereocenters. The first kappa shape index (κ1) is 32.7. The maximum atomic E-state index is 10.6. The van der Waals surface area contributed by atoms with E-state index < -0.39 is 0 Å². The predicted molar refractivity (Wildman–Crippen MR) is 70.1 cm³/mol. The minimum atomic E-state index is -0.260. The minimum absolute atomic E-state index is 0. The Hall–Kier alpha value is -1.12. The van der Waals surface area contributed by atoms with Gasteiger partial charge in [-0.15, -0.1) is 0 Å². The summed E-state index contributed by atoms with van der Waals surface area (Å²) in [5, 5.41) is 0. The van der Waals surface area contributed by atoms with Crippen molar-refractivity contribution in [1.29, 1.82) is 0 Å². The average Bonchev–Trinajstić information content (AvgIpc) is 2.53. The van der Waals surface area contributed by atoms with E-state index in [2.05, 4.69) is 26.9 Å². The number of hydrogen-bond acceptors (Lipinski definition) is 3. The van der Waals surface area contributed by atoms with Gasteiger partial charge in [0.2, 0.25) is 0 Å². The molecule has 0 aromatic rings. The molecule has 0 N–H and O–H groups in total. The molecule has 0 aliphatic carbocycles. The Morgan fingerprint density at radius 3 is 2.05 bits per heavy atom. The van der Waals surface area contributed by atoms with Crippen LogP contribution in [0.25, 0.3) is 0 Å². The molecule has 0 saturated carbocycles. The molecule has 0 amide bonds. The van der Waals surface area contributed by atoms with Gasteiger partial charge in [0.15, 0.2) is 0 Å². The van der Waals surface area contributed by atoms with Gasteiger partial charge >= 0.3 is 33.9 Å². The fraction of sp³-hybridized carbons (Fsp3) is 0.467. The molecule has 0 saturated heterocycles. The maximum absolute atomic E-state index is 10.6. The van der Waals surface area contributed by atoms with Crippen LogP contribution < -0.4 is 0 Å². The van der Waals surface area contributed by atoms with Crippen molar-refractivity contribution in [1.82, 2.24) is 0 Å². The van der Waals surface area contributed by atoms with Crippen LogP contribution in [-0.4, -0.2) is 18.4 Å². The number of rotatable bonds is 10. The smallest absolute Gasteiger partial charge is 0 e. The second-order valence-corrected chi connectivity index (χ2v) is 3.40. The van der Waals surface area contributed by atoms with E-state index in [4.69, 9.17) is 18.7 Å². The molecule has 22 heavy (non-hydrogen) atoms. The summed E-state index contributed by atoms with van der Waals surface area (Å²) in [6.45, 7) is 18.5. The molecule has 0 aliphatic rings. The van der Waals surface area contributed by atoms with Crippen LogP contribution in [0.2, 0.25) is 0 Å². The third-order valence-electron chi connectivity index (χ3n) is 1.95. The third-order valence-corrected chi connectivity index (χ3v) is 1.95. The summed E-state index contributed by atoms with van der Waals surface area (Å²) in [6, 6.07) is 0. The number of Topliss-reactive ketones (excluding diaryl/α,β-unsaturated/α-hetero) is 1. The topological polar surface area (TPSA) is 103 Å². The van der Waals surface area contributed by atoms with E-state index in [1.54, 1.807) is 12.8 Å². The van der Waals surface area contributed by atoms with Crippen LogP contribution in [-0.2, 0) is 45.4 Å². The first-order valence-electron chi connectivity index (χ1n) is 5.86. The zero-order valence-corrected chi connectivity index (χ0v) is 13.5. The number of ketones is 1. The standard InChI is InChI=1S/C12H18O3.3CO.Fe/c1-3-4-5-8-12(15-10-13)9-6-7-11(2)14;3*1-2;/h6-7,9,12H,3-5,8H2,1-2H3;;;;/q-1;;;;. The van der Waals surface area contributed by atoms with E-state index in [0.29, 0.717) is 0 Å². The van der Waals surface area contributed by atoms with Crippen LogP contribution in [0.1, 0.15) is 39.5 Å². The van der Waals surface area contributed by atoms with Crippen LogP contribution >= 0.6 is 0 Å². The molecule has 3 radical (unpaired) electrons. The zero-order valence-electron chi connectivity index (χ0n) is 12.4. The third kappa shape index (κ3) is 36.4. The van der Waals surface area contributed by atoms with Gasteiger partial charge in [0.25, 0.3) is 0 Å². The first-order valence-corrected chi connectivity index (χ1v) is 5.86. The molecule has 0 fully saturated rings. The van der Waals surface area contributed by atoms with Gasteiger partial charge in [-0.1, -0.05) is 26.2 Å². The van der Waals surface area contributed by atoms with Crippen molar-refractivity contribution in [2.24, 2.45) is 0 Å². The Balaban J connectivity index is -0.000000122. The average molecular weight is 350 g/mol. The van der Waals surface area contributed by atoms with Crippen molar-refractivity contribution in [3.8, 4) is 0 Å². The SMILES string of the molecule is CCCCCC([CH][CH][CH]C(C)=O)O[C-]=O.[C-]#[O+].[C-]#[O+].[C-]#[O+].[Fe]. The Labute approximate surface area is 143 Å². The van der Waals surface area contributed by atoms with Crippen molar-refractivity contribution >= 4 is 12.3 Å². The zero-order chi connectivity index (χ0) is 17.5. The van der Waals surface area contributed by atoms with E-state index in [0.717, 1.165) is 25.7 Å². The maximum Gasteiger partial charge on any atom is 0 e. The molecule has 0 heterocycles. The second kappa shape index (κ2) is 36.8. The van der Waals surface area contributed by atoms with Crippen molar-refractivity contribution in [3.05, 3.63) is 39.2 Å². The summed E-state index contributed by atoms with van der Waals surface area (Å²) in [5.74, 6) is -0.0198. The van der Waals surface area contributed by atoms with E-state index >= 15 is 0 Å². The van der Waals surface area contributed by atoms with Gasteiger partial charge in [-0.2, -0.15) is 0 Å². The van der Waals surface area contributed by atoms with Gasteiger partial charge < -0.3 is 9.53 Å². The normalized spacial score (nSPS) is 8.55. The second-order valence-electron chi connectivity index (χ2n) is 3.40. The quantitative estimate of drug-likeness (QED) is 0.261. The first-order chi connectivity index (χ1) is 10.2. The molecule has 0 aromatic heterocycles. The molecule has 0 bridgehead atoms. The van der Waals surface area contributed by atoms with E-state index in [1.165, 1.54) is 19.8 Å². The number of carbonyl (C=O) groups is 1. The molecule has 0 rings (SSSR count). The van der Waals surface area contributed by atoms with Crippen molar-refractivity contribution < 1.29 is 45.4 Å². The van der Waals surface area contributed by atoms with Gasteiger partial charge in [0.05, 0.1) is 6.10 Å². The largest absolute Gasteiger partial charge is 0 e. The van der Waals surface area contributed by atoms with Crippen LogP contribution in [0.3, 0.4) is 0 Å². The Kier molecular flexibility index (Phi) is 54.7. The summed E-state index contributed by atoms with van der Waals surface area (Å²) in [4.78, 5) is 20.7. The van der Waals surface area contributed by atoms with E-state index in [1.807, 2.05) is 0 Å². The van der Waals surface area contributed by atoms with Crippen LogP contribution in [0.4, 0.5) is 0 Å². The summed E-state index contributed by atoms with van der Waals surface area (Å²) in [7, 11) is 0. The summed E-state index contributed by atoms with van der Waals surface area (Å²) in [5.41, 5.74) is 0. The molecular weight excluding hydrogens is 332 g/mol. The fourth-order valence-electron chi connectivity index (χ4n) is 1.17. The van der Waals surface area contributed by atoms with E-state index in [9.17, 15) is 9.59 Å². The molecule has 7 heteroatoms. The number of unbranched alkanes of at least 4 members (excludes halogenated alkanes) is 2. The molecular formula is C15H18FeO6-. The molecule has 123 valence electrons. The van der Waals surface area contributed by atoms with Crippen LogP contribution in [0.15, 0.2) is 0 Å². The Morgan fingerprint density at radius 2 is 1.68 bits per heavy atom. The summed E-state index contributed by atoms with van der Waals surface area (Å²) in [6.07, 6.45) is 8.55.